The fourth-order valence-electron chi connectivity index (χ4n) is 2.00. The van der Waals surface area contributed by atoms with Crippen molar-refractivity contribution in [3.8, 4) is 5.75 Å². The maximum absolute atomic E-state index is 10.8. The first-order valence-corrected chi connectivity index (χ1v) is 5.84. The Morgan fingerprint density at radius 3 is 3.00 bits per heavy atom. The zero-order chi connectivity index (χ0) is 12.1. The van der Waals surface area contributed by atoms with Crippen molar-refractivity contribution in [2.75, 3.05) is 19.7 Å². The lowest BCUT2D eigenvalue weighted by atomic mass is 10.0. The minimum Gasteiger partial charge on any atom is -0.486 e. The van der Waals surface area contributed by atoms with Crippen molar-refractivity contribution >= 4 is 5.69 Å². The maximum Gasteiger partial charge on any atom is 0.310 e. The van der Waals surface area contributed by atoms with E-state index in [1.165, 1.54) is 6.07 Å². The van der Waals surface area contributed by atoms with E-state index >= 15 is 0 Å². The lowest BCUT2D eigenvalue weighted by molar-refractivity contribution is -0.385. The zero-order valence-electron chi connectivity index (χ0n) is 9.59. The molecule has 0 aliphatic carbocycles. The van der Waals surface area contributed by atoms with Gasteiger partial charge < -0.3 is 10.1 Å². The molecule has 1 aliphatic heterocycles. The van der Waals surface area contributed by atoms with Gasteiger partial charge in [-0.15, -0.1) is 0 Å². The fourth-order valence-corrected chi connectivity index (χ4v) is 2.00. The average molecular weight is 236 g/mol. The molecule has 1 saturated heterocycles. The molecule has 1 heterocycles. The van der Waals surface area contributed by atoms with Crippen molar-refractivity contribution in [3.05, 3.63) is 34.4 Å². The molecule has 0 saturated carbocycles. The molecule has 0 radical (unpaired) electrons. The summed E-state index contributed by atoms with van der Waals surface area (Å²) in [4.78, 5) is 10.4. The molecule has 0 aromatic heterocycles. The molecule has 5 nitrogen and oxygen atoms in total. The SMILES string of the molecule is O=[N+]([O-])c1ccccc1OC[C@@H]1CCCNC1. The van der Waals surface area contributed by atoms with Crippen molar-refractivity contribution in [2.45, 2.75) is 12.8 Å². The number of hydrogen-bond donors (Lipinski definition) is 1. The van der Waals surface area contributed by atoms with E-state index in [9.17, 15) is 10.1 Å². The summed E-state index contributed by atoms with van der Waals surface area (Å²) in [6, 6.07) is 6.51. The van der Waals surface area contributed by atoms with Crippen molar-refractivity contribution in [3.63, 3.8) is 0 Å². The van der Waals surface area contributed by atoms with Gasteiger partial charge in [-0.3, -0.25) is 10.1 Å². The van der Waals surface area contributed by atoms with Crippen LogP contribution in [0.2, 0.25) is 0 Å². The highest BCUT2D eigenvalue weighted by molar-refractivity contribution is 5.45. The molecule has 0 amide bonds. The molecule has 17 heavy (non-hydrogen) atoms. The molecule has 92 valence electrons. The molecule has 1 fully saturated rings. The fraction of sp³-hybridized carbons (Fsp3) is 0.500. The quantitative estimate of drug-likeness (QED) is 0.641. The van der Waals surface area contributed by atoms with E-state index in [0.717, 1.165) is 25.9 Å². The van der Waals surface area contributed by atoms with Crippen LogP contribution in [-0.2, 0) is 0 Å². The lowest BCUT2D eigenvalue weighted by Gasteiger charge is -2.22. The predicted octanol–water partition coefficient (Wildman–Crippen LogP) is 1.97. The highest BCUT2D eigenvalue weighted by atomic mass is 16.6. The molecule has 5 heteroatoms. The normalized spacial score (nSPS) is 19.9. The zero-order valence-corrected chi connectivity index (χ0v) is 9.59. The van der Waals surface area contributed by atoms with Gasteiger partial charge in [0.1, 0.15) is 0 Å². The van der Waals surface area contributed by atoms with Gasteiger partial charge in [0.05, 0.1) is 11.5 Å². The number of ether oxygens (including phenoxy) is 1. The molecule has 0 spiro atoms. The first kappa shape index (κ1) is 11.9. The van der Waals surface area contributed by atoms with Gasteiger partial charge in [0, 0.05) is 18.5 Å². The third-order valence-corrected chi connectivity index (χ3v) is 2.94. The summed E-state index contributed by atoms with van der Waals surface area (Å²) < 4.78 is 5.56. The van der Waals surface area contributed by atoms with E-state index in [-0.39, 0.29) is 5.69 Å². The Labute approximate surface area is 99.9 Å². The second-order valence-electron chi connectivity index (χ2n) is 4.25. The van der Waals surface area contributed by atoms with E-state index in [2.05, 4.69) is 5.32 Å². The third-order valence-electron chi connectivity index (χ3n) is 2.94. The van der Waals surface area contributed by atoms with Crippen LogP contribution in [0.1, 0.15) is 12.8 Å². The van der Waals surface area contributed by atoms with Gasteiger partial charge in [-0.05, 0) is 25.5 Å². The van der Waals surface area contributed by atoms with Gasteiger partial charge in [-0.25, -0.2) is 0 Å². The van der Waals surface area contributed by atoms with Gasteiger partial charge in [0.15, 0.2) is 5.75 Å². The van der Waals surface area contributed by atoms with Crippen molar-refractivity contribution in [1.29, 1.82) is 0 Å². The predicted molar refractivity (Wildman–Crippen MR) is 64.2 cm³/mol. The van der Waals surface area contributed by atoms with Gasteiger partial charge in [-0.1, -0.05) is 12.1 Å². The van der Waals surface area contributed by atoms with Gasteiger partial charge in [-0.2, -0.15) is 0 Å². The van der Waals surface area contributed by atoms with Crippen LogP contribution in [0.15, 0.2) is 24.3 Å². The number of nitro groups is 1. The largest absolute Gasteiger partial charge is 0.486 e. The lowest BCUT2D eigenvalue weighted by Crippen LogP contribution is -2.33. The van der Waals surface area contributed by atoms with Crippen LogP contribution in [0.4, 0.5) is 5.69 Å². The van der Waals surface area contributed by atoms with E-state index in [1.807, 2.05) is 0 Å². The van der Waals surface area contributed by atoms with Gasteiger partial charge in [0.2, 0.25) is 0 Å². The summed E-state index contributed by atoms with van der Waals surface area (Å²) in [6.45, 7) is 2.53. The summed E-state index contributed by atoms with van der Waals surface area (Å²) in [7, 11) is 0. The second-order valence-corrected chi connectivity index (χ2v) is 4.25. The summed E-state index contributed by atoms with van der Waals surface area (Å²) in [6.07, 6.45) is 2.26. The molecular formula is C12H16N2O3. The van der Waals surface area contributed by atoms with Crippen LogP contribution in [0.25, 0.3) is 0 Å². The first-order chi connectivity index (χ1) is 8.27. The van der Waals surface area contributed by atoms with Crippen molar-refractivity contribution in [1.82, 2.24) is 5.32 Å². The number of nitrogens with zero attached hydrogens (tertiary/aromatic N) is 1. The van der Waals surface area contributed by atoms with Crippen LogP contribution < -0.4 is 10.1 Å². The van der Waals surface area contributed by atoms with Crippen LogP contribution in [0, 0.1) is 16.0 Å². The molecule has 1 atom stereocenters. The topological polar surface area (TPSA) is 64.4 Å². The molecule has 2 rings (SSSR count). The molecule has 1 aromatic rings. The molecule has 1 aliphatic rings. The smallest absolute Gasteiger partial charge is 0.310 e. The van der Waals surface area contributed by atoms with Crippen LogP contribution >= 0.6 is 0 Å². The van der Waals surface area contributed by atoms with Crippen LogP contribution in [-0.4, -0.2) is 24.6 Å². The van der Waals surface area contributed by atoms with Crippen LogP contribution in [0.3, 0.4) is 0 Å². The Kier molecular flexibility index (Phi) is 3.93. The number of nitrogens with one attached hydrogen (secondary N) is 1. The Balaban J connectivity index is 1.96. The van der Waals surface area contributed by atoms with Crippen molar-refractivity contribution in [2.24, 2.45) is 5.92 Å². The summed E-state index contributed by atoms with van der Waals surface area (Å²) in [5.74, 6) is 0.812. The Morgan fingerprint density at radius 2 is 2.29 bits per heavy atom. The maximum atomic E-state index is 10.8. The van der Waals surface area contributed by atoms with E-state index in [4.69, 9.17) is 4.74 Å². The average Bonchev–Trinajstić information content (AvgIpc) is 2.38. The molecule has 0 unspecified atom stereocenters. The Hall–Kier alpha value is -1.62. The van der Waals surface area contributed by atoms with Crippen molar-refractivity contribution < 1.29 is 9.66 Å². The Morgan fingerprint density at radius 1 is 1.47 bits per heavy atom. The number of piperidine rings is 1. The summed E-state index contributed by atoms with van der Waals surface area (Å²) in [5.41, 5.74) is 0.0382. The number of hydrogen-bond acceptors (Lipinski definition) is 4. The molecule has 1 aromatic carbocycles. The number of rotatable bonds is 4. The summed E-state index contributed by atoms with van der Waals surface area (Å²) in [5, 5.41) is 14.1. The van der Waals surface area contributed by atoms with E-state index in [1.54, 1.807) is 18.2 Å². The third kappa shape index (κ3) is 3.17. The standard InChI is InChI=1S/C12H16N2O3/c15-14(16)11-5-1-2-6-12(11)17-9-10-4-3-7-13-8-10/h1-2,5-6,10,13H,3-4,7-9H2/t10-/m1/s1. The molecule has 0 bridgehead atoms. The molecular weight excluding hydrogens is 220 g/mol. The van der Waals surface area contributed by atoms with Crippen LogP contribution in [0.5, 0.6) is 5.75 Å². The van der Waals surface area contributed by atoms with Gasteiger partial charge in [0.25, 0.3) is 0 Å². The van der Waals surface area contributed by atoms with E-state index in [0.29, 0.717) is 18.3 Å². The first-order valence-electron chi connectivity index (χ1n) is 5.84. The monoisotopic (exact) mass is 236 g/mol. The van der Waals surface area contributed by atoms with E-state index < -0.39 is 4.92 Å². The minimum atomic E-state index is -0.408. The number of benzene rings is 1. The minimum absolute atomic E-state index is 0.0382. The number of para-hydroxylation sites is 2. The molecule has 1 N–H and O–H groups in total. The Bertz CT molecular complexity index is 389. The highest BCUT2D eigenvalue weighted by Gasteiger charge is 2.17. The highest BCUT2D eigenvalue weighted by Crippen LogP contribution is 2.26. The summed E-state index contributed by atoms with van der Waals surface area (Å²) >= 11 is 0. The second kappa shape index (κ2) is 5.63. The number of nitro benzene ring substituents is 1. The van der Waals surface area contributed by atoms with Gasteiger partial charge >= 0.3 is 5.69 Å².